The van der Waals surface area contributed by atoms with E-state index in [9.17, 15) is 9.59 Å². The maximum absolute atomic E-state index is 12.1. The van der Waals surface area contributed by atoms with Gasteiger partial charge in [0.2, 0.25) is 0 Å². The molecule has 6 heteroatoms. The number of carbonyl (C=O) groups excluding carboxylic acids is 2. The molecule has 0 saturated heterocycles. The van der Waals surface area contributed by atoms with Gasteiger partial charge < -0.3 is 14.6 Å². The Hall–Kier alpha value is -1.82. The molecule has 1 aromatic heterocycles. The van der Waals surface area contributed by atoms with E-state index in [1.807, 2.05) is 38.1 Å². The molecule has 21 heavy (non-hydrogen) atoms. The van der Waals surface area contributed by atoms with Crippen molar-refractivity contribution in [2.24, 2.45) is 0 Å². The second-order valence-corrected chi connectivity index (χ2v) is 5.83. The zero-order valence-electron chi connectivity index (χ0n) is 12.1. The maximum atomic E-state index is 12.1. The van der Waals surface area contributed by atoms with E-state index in [4.69, 9.17) is 4.74 Å². The van der Waals surface area contributed by atoms with Crippen LogP contribution >= 0.6 is 15.9 Å². The van der Waals surface area contributed by atoms with Crippen LogP contribution in [0.5, 0.6) is 0 Å². The zero-order chi connectivity index (χ0) is 15.6. The minimum atomic E-state index is -0.552. The van der Waals surface area contributed by atoms with Gasteiger partial charge in [-0.2, -0.15) is 0 Å². The summed E-state index contributed by atoms with van der Waals surface area (Å²) in [5, 5.41) is 0.898. The van der Waals surface area contributed by atoms with Crippen molar-refractivity contribution in [3.8, 4) is 0 Å². The van der Waals surface area contributed by atoms with Crippen molar-refractivity contribution >= 4 is 38.7 Å². The van der Waals surface area contributed by atoms with Gasteiger partial charge in [-0.25, -0.2) is 4.79 Å². The molecule has 0 radical (unpaired) electrons. The number of nitrogens with zero attached hydrogens (tertiary/aromatic N) is 1. The fraction of sp³-hybridized carbons (Fsp3) is 0.333. The summed E-state index contributed by atoms with van der Waals surface area (Å²) >= 11 is 3.38. The number of fused-ring (bicyclic) bond motifs is 1. The van der Waals surface area contributed by atoms with Gasteiger partial charge >= 0.3 is 5.97 Å². The van der Waals surface area contributed by atoms with Gasteiger partial charge in [0.1, 0.15) is 5.69 Å². The molecule has 1 N–H and O–H groups in total. The number of halogens is 1. The number of ether oxygens (including phenoxy) is 1. The highest BCUT2D eigenvalue weighted by molar-refractivity contribution is 9.10. The molecule has 2 rings (SSSR count). The average molecular weight is 353 g/mol. The van der Waals surface area contributed by atoms with Gasteiger partial charge in [-0.1, -0.05) is 18.2 Å². The lowest BCUT2D eigenvalue weighted by Crippen LogP contribution is -2.36. The molecule has 0 unspecified atom stereocenters. The standard InChI is InChI=1S/C15H17BrN2O3/c1-9(2)18(3)12(19)8-21-15(20)14-13(16)10-6-4-5-7-11(10)17-14/h4-7,9,17H,8H2,1-3H3. The van der Waals surface area contributed by atoms with Crippen molar-refractivity contribution in [3.05, 3.63) is 34.4 Å². The summed E-state index contributed by atoms with van der Waals surface area (Å²) in [5.41, 5.74) is 1.15. The first kappa shape index (κ1) is 15.6. The first-order valence-electron chi connectivity index (χ1n) is 6.60. The lowest BCUT2D eigenvalue weighted by molar-refractivity contribution is -0.134. The molecule has 0 spiro atoms. The Morgan fingerprint density at radius 2 is 2.00 bits per heavy atom. The largest absolute Gasteiger partial charge is 0.451 e. The molecule has 1 heterocycles. The van der Waals surface area contributed by atoms with Crippen molar-refractivity contribution in [1.29, 1.82) is 0 Å². The van der Waals surface area contributed by atoms with Crippen molar-refractivity contribution in [2.75, 3.05) is 13.7 Å². The Balaban J connectivity index is 2.09. The Kier molecular flexibility index (Phi) is 4.67. The quantitative estimate of drug-likeness (QED) is 0.860. The number of esters is 1. The van der Waals surface area contributed by atoms with Gasteiger partial charge in [0.05, 0.1) is 4.47 Å². The van der Waals surface area contributed by atoms with Crippen LogP contribution in [0.15, 0.2) is 28.7 Å². The van der Waals surface area contributed by atoms with Crippen LogP contribution in [0.25, 0.3) is 10.9 Å². The van der Waals surface area contributed by atoms with Gasteiger partial charge in [-0.3, -0.25) is 4.79 Å². The molecule has 1 amide bonds. The molecular weight excluding hydrogens is 336 g/mol. The lowest BCUT2D eigenvalue weighted by Gasteiger charge is -2.20. The van der Waals surface area contributed by atoms with Crippen LogP contribution in [0, 0.1) is 0 Å². The van der Waals surface area contributed by atoms with Crippen molar-refractivity contribution in [3.63, 3.8) is 0 Å². The number of hydrogen-bond acceptors (Lipinski definition) is 3. The zero-order valence-corrected chi connectivity index (χ0v) is 13.7. The Morgan fingerprint density at radius 3 is 2.62 bits per heavy atom. The summed E-state index contributed by atoms with van der Waals surface area (Å²) in [6, 6.07) is 7.59. The van der Waals surface area contributed by atoms with Crippen LogP contribution < -0.4 is 0 Å². The molecule has 112 valence electrons. The smallest absolute Gasteiger partial charge is 0.356 e. The van der Waals surface area contributed by atoms with Crippen LogP contribution in [-0.4, -0.2) is 41.5 Å². The van der Waals surface area contributed by atoms with Crippen molar-refractivity contribution in [2.45, 2.75) is 19.9 Å². The third-order valence-electron chi connectivity index (χ3n) is 3.34. The minimum Gasteiger partial charge on any atom is -0.451 e. The highest BCUT2D eigenvalue weighted by Gasteiger charge is 2.19. The van der Waals surface area contributed by atoms with Gasteiger partial charge in [0.15, 0.2) is 6.61 Å². The number of nitrogens with one attached hydrogen (secondary N) is 1. The average Bonchev–Trinajstić information content (AvgIpc) is 2.81. The Labute approximate surface area is 131 Å². The number of benzene rings is 1. The number of carbonyl (C=O) groups is 2. The predicted molar refractivity (Wildman–Crippen MR) is 84.2 cm³/mol. The van der Waals surface area contributed by atoms with Gasteiger partial charge in [-0.05, 0) is 35.8 Å². The number of aromatic amines is 1. The van der Waals surface area contributed by atoms with Crippen molar-refractivity contribution < 1.29 is 14.3 Å². The van der Waals surface area contributed by atoms with E-state index >= 15 is 0 Å². The number of para-hydroxylation sites is 1. The van der Waals surface area contributed by atoms with E-state index in [1.54, 1.807) is 7.05 Å². The minimum absolute atomic E-state index is 0.0658. The molecule has 0 atom stereocenters. The number of H-pyrrole nitrogens is 1. The summed E-state index contributed by atoms with van der Waals surface area (Å²) in [5.74, 6) is -0.783. The van der Waals surface area contributed by atoms with Gasteiger partial charge in [0, 0.05) is 24.0 Å². The van der Waals surface area contributed by atoms with E-state index in [2.05, 4.69) is 20.9 Å². The predicted octanol–water partition coefficient (Wildman–Crippen LogP) is 2.95. The molecule has 1 aromatic carbocycles. The Bertz CT molecular complexity index is 679. The summed E-state index contributed by atoms with van der Waals surface area (Å²) in [7, 11) is 1.68. The monoisotopic (exact) mass is 352 g/mol. The molecule has 0 saturated carbocycles. The molecule has 0 aliphatic rings. The third kappa shape index (κ3) is 3.26. The SMILES string of the molecule is CC(C)N(C)C(=O)COC(=O)c1[nH]c2ccccc2c1Br. The maximum Gasteiger partial charge on any atom is 0.356 e. The normalized spacial score (nSPS) is 10.9. The lowest BCUT2D eigenvalue weighted by atomic mass is 10.2. The fourth-order valence-electron chi connectivity index (χ4n) is 1.84. The van der Waals surface area contributed by atoms with Gasteiger partial charge in [-0.15, -0.1) is 0 Å². The van der Waals surface area contributed by atoms with Crippen LogP contribution in [0.2, 0.25) is 0 Å². The molecule has 5 nitrogen and oxygen atoms in total. The van der Waals surface area contributed by atoms with E-state index in [0.29, 0.717) is 10.2 Å². The fourth-order valence-corrected chi connectivity index (χ4v) is 2.44. The summed E-state index contributed by atoms with van der Waals surface area (Å²) in [4.78, 5) is 28.4. The second-order valence-electron chi connectivity index (χ2n) is 5.03. The number of aromatic nitrogens is 1. The molecule has 2 aromatic rings. The van der Waals surface area contributed by atoms with E-state index in [1.165, 1.54) is 4.90 Å². The van der Waals surface area contributed by atoms with Crippen LogP contribution in [0.3, 0.4) is 0 Å². The van der Waals surface area contributed by atoms with Gasteiger partial charge in [0.25, 0.3) is 5.91 Å². The van der Waals surface area contributed by atoms with Crippen LogP contribution in [-0.2, 0) is 9.53 Å². The summed E-state index contributed by atoms with van der Waals surface area (Å²) in [6.45, 7) is 3.53. The van der Waals surface area contributed by atoms with Crippen molar-refractivity contribution in [1.82, 2.24) is 9.88 Å². The molecule has 0 aliphatic heterocycles. The highest BCUT2D eigenvalue weighted by atomic mass is 79.9. The molecule has 0 aliphatic carbocycles. The first-order valence-corrected chi connectivity index (χ1v) is 7.40. The summed E-state index contributed by atoms with van der Waals surface area (Å²) < 4.78 is 5.73. The van der Waals surface area contributed by atoms with Crippen LogP contribution in [0.1, 0.15) is 24.3 Å². The number of likely N-dealkylation sites (N-methyl/N-ethyl adjacent to an activating group) is 1. The van der Waals surface area contributed by atoms with Crippen LogP contribution in [0.4, 0.5) is 0 Å². The summed E-state index contributed by atoms with van der Waals surface area (Å²) in [6.07, 6.45) is 0. The molecule has 0 fully saturated rings. The Morgan fingerprint density at radius 1 is 1.33 bits per heavy atom. The first-order chi connectivity index (χ1) is 9.91. The highest BCUT2D eigenvalue weighted by Crippen LogP contribution is 2.28. The number of hydrogen-bond donors (Lipinski definition) is 1. The topological polar surface area (TPSA) is 62.4 Å². The van der Waals surface area contributed by atoms with E-state index < -0.39 is 5.97 Å². The molecular formula is C15H17BrN2O3. The number of rotatable bonds is 4. The van der Waals surface area contributed by atoms with E-state index in [-0.39, 0.29) is 18.6 Å². The number of amides is 1. The van der Waals surface area contributed by atoms with E-state index in [0.717, 1.165) is 10.9 Å². The second kappa shape index (κ2) is 6.30. The third-order valence-corrected chi connectivity index (χ3v) is 4.17. The molecule has 0 bridgehead atoms.